The Kier molecular flexibility index (Phi) is 6.26. The smallest absolute Gasteiger partial charge is 0.273 e. The number of hydrogen-bond donors (Lipinski definition) is 1. The first kappa shape index (κ1) is 19.8. The maximum atomic E-state index is 12.4. The molecule has 1 amide bonds. The first-order valence-electron chi connectivity index (χ1n) is 9.50. The van der Waals surface area contributed by atoms with Crippen molar-refractivity contribution in [3.63, 3.8) is 0 Å². The molecule has 3 rings (SSSR count). The van der Waals surface area contributed by atoms with Crippen molar-refractivity contribution >= 4 is 17.3 Å². The van der Waals surface area contributed by atoms with E-state index in [-0.39, 0.29) is 11.6 Å². The molecule has 2 aromatic rings. The number of nitrogens with zero attached hydrogens (tertiary/aromatic N) is 3. The predicted octanol–water partition coefficient (Wildman–Crippen LogP) is 2.63. The molecule has 148 valence electrons. The van der Waals surface area contributed by atoms with Crippen LogP contribution >= 0.6 is 0 Å². The third-order valence-corrected chi connectivity index (χ3v) is 5.25. The molecule has 0 spiro atoms. The van der Waals surface area contributed by atoms with Crippen molar-refractivity contribution in [2.75, 3.05) is 44.7 Å². The molecule has 1 aliphatic heterocycles. The van der Waals surface area contributed by atoms with Gasteiger partial charge in [-0.3, -0.25) is 14.9 Å². The summed E-state index contributed by atoms with van der Waals surface area (Å²) in [5.41, 5.74) is 3.08. The number of carbonyl (C=O) groups excluding carboxylic acids is 1. The molecule has 0 aliphatic carbocycles. The molecule has 28 heavy (non-hydrogen) atoms. The molecule has 1 aliphatic rings. The number of anilines is 1. The fraction of sp³-hybridized carbons (Fsp3) is 0.381. The van der Waals surface area contributed by atoms with E-state index >= 15 is 0 Å². The number of carbonyl (C=O) groups is 1. The number of piperazine rings is 1. The van der Waals surface area contributed by atoms with Gasteiger partial charge in [-0.05, 0) is 44.2 Å². The number of nitrogens with one attached hydrogen (secondary N) is 1. The van der Waals surface area contributed by atoms with Gasteiger partial charge in [-0.15, -0.1) is 0 Å². The van der Waals surface area contributed by atoms with Crippen LogP contribution < -0.4 is 10.2 Å². The average molecular weight is 382 g/mol. The van der Waals surface area contributed by atoms with Crippen LogP contribution in [0.15, 0.2) is 42.5 Å². The topological polar surface area (TPSA) is 78.7 Å². The van der Waals surface area contributed by atoms with E-state index in [1.165, 1.54) is 17.8 Å². The second-order valence-corrected chi connectivity index (χ2v) is 7.17. The Morgan fingerprint density at radius 2 is 1.79 bits per heavy atom. The second kappa shape index (κ2) is 8.84. The summed E-state index contributed by atoms with van der Waals surface area (Å²) in [6.07, 6.45) is 0.711. The second-order valence-electron chi connectivity index (χ2n) is 7.17. The quantitative estimate of drug-likeness (QED) is 0.614. The molecule has 0 radical (unpaired) electrons. The van der Waals surface area contributed by atoms with Crippen LogP contribution in [0, 0.1) is 17.0 Å². The normalized spacial score (nSPS) is 14.7. The molecule has 0 atom stereocenters. The van der Waals surface area contributed by atoms with Gasteiger partial charge in [0.25, 0.3) is 11.6 Å². The van der Waals surface area contributed by atoms with E-state index in [0.29, 0.717) is 24.1 Å². The molecule has 7 nitrogen and oxygen atoms in total. The molecule has 0 bridgehead atoms. The maximum Gasteiger partial charge on any atom is 0.273 e. The number of rotatable bonds is 6. The van der Waals surface area contributed by atoms with Crippen molar-refractivity contribution in [1.82, 2.24) is 10.2 Å². The van der Waals surface area contributed by atoms with Gasteiger partial charge in [0, 0.05) is 55.6 Å². The Balaban J connectivity index is 1.53. The lowest BCUT2D eigenvalue weighted by Crippen LogP contribution is -2.44. The highest BCUT2D eigenvalue weighted by Crippen LogP contribution is 2.21. The van der Waals surface area contributed by atoms with Gasteiger partial charge >= 0.3 is 0 Å². The largest absolute Gasteiger partial charge is 0.369 e. The third kappa shape index (κ3) is 4.67. The van der Waals surface area contributed by atoms with Gasteiger partial charge in [-0.1, -0.05) is 18.2 Å². The lowest BCUT2D eigenvalue weighted by atomic mass is 10.1. The van der Waals surface area contributed by atoms with Crippen molar-refractivity contribution in [3.05, 3.63) is 69.3 Å². The van der Waals surface area contributed by atoms with Crippen molar-refractivity contribution < 1.29 is 9.72 Å². The van der Waals surface area contributed by atoms with E-state index in [0.717, 1.165) is 31.7 Å². The number of likely N-dealkylation sites (N-methyl/N-ethyl adjacent to an activating group) is 1. The highest BCUT2D eigenvalue weighted by Gasteiger charge is 2.17. The lowest BCUT2D eigenvalue weighted by Gasteiger charge is -2.34. The van der Waals surface area contributed by atoms with Crippen molar-refractivity contribution in [1.29, 1.82) is 0 Å². The van der Waals surface area contributed by atoms with E-state index in [9.17, 15) is 14.9 Å². The molecule has 0 unspecified atom stereocenters. The van der Waals surface area contributed by atoms with Crippen molar-refractivity contribution in [2.45, 2.75) is 13.3 Å². The SMILES string of the molecule is Cc1c(C(=O)NCCc2ccc(N3CCN(C)CC3)cc2)cccc1[N+](=O)[O-]. The Morgan fingerprint density at radius 3 is 2.43 bits per heavy atom. The predicted molar refractivity (Wildman–Crippen MR) is 110 cm³/mol. The van der Waals surface area contributed by atoms with Crippen LogP contribution in [0.3, 0.4) is 0 Å². The summed E-state index contributed by atoms with van der Waals surface area (Å²) in [5, 5.41) is 13.9. The zero-order valence-corrected chi connectivity index (χ0v) is 16.4. The molecule has 1 fully saturated rings. The number of hydrogen-bond acceptors (Lipinski definition) is 5. The third-order valence-electron chi connectivity index (χ3n) is 5.25. The highest BCUT2D eigenvalue weighted by molar-refractivity contribution is 5.96. The van der Waals surface area contributed by atoms with E-state index in [1.807, 2.05) is 0 Å². The van der Waals surface area contributed by atoms with Gasteiger partial charge in [0.05, 0.1) is 4.92 Å². The summed E-state index contributed by atoms with van der Waals surface area (Å²) < 4.78 is 0. The summed E-state index contributed by atoms with van der Waals surface area (Å²) >= 11 is 0. The minimum Gasteiger partial charge on any atom is -0.369 e. The molecule has 0 saturated carbocycles. The molecular weight excluding hydrogens is 356 g/mol. The number of benzene rings is 2. The van der Waals surface area contributed by atoms with Gasteiger partial charge in [0.1, 0.15) is 0 Å². The van der Waals surface area contributed by atoms with Gasteiger partial charge in [-0.25, -0.2) is 0 Å². The van der Waals surface area contributed by atoms with Crippen LogP contribution in [0.5, 0.6) is 0 Å². The fourth-order valence-corrected chi connectivity index (χ4v) is 3.42. The van der Waals surface area contributed by atoms with Gasteiger partial charge in [-0.2, -0.15) is 0 Å². The van der Waals surface area contributed by atoms with Crippen molar-refractivity contribution in [3.8, 4) is 0 Å². The molecule has 1 saturated heterocycles. The summed E-state index contributed by atoms with van der Waals surface area (Å²) in [6, 6.07) is 13.0. The van der Waals surface area contributed by atoms with Gasteiger partial charge in [0.2, 0.25) is 0 Å². The number of nitro groups is 1. The lowest BCUT2D eigenvalue weighted by molar-refractivity contribution is -0.385. The van der Waals surface area contributed by atoms with E-state index < -0.39 is 4.92 Å². The van der Waals surface area contributed by atoms with Gasteiger partial charge < -0.3 is 15.1 Å². The van der Waals surface area contributed by atoms with Crippen LogP contribution in [-0.2, 0) is 6.42 Å². The first-order chi connectivity index (χ1) is 13.5. The Hall–Kier alpha value is -2.93. The van der Waals surface area contributed by atoms with E-state index in [1.54, 1.807) is 13.0 Å². The summed E-state index contributed by atoms with van der Waals surface area (Å²) in [6.45, 7) is 6.30. The monoisotopic (exact) mass is 382 g/mol. The average Bonchev–Trinajstić information content (AvgIpc) is 2.69. The van der Waals surface area contributed by atoms with Crippen LogP contribution in [0.2, 0.25) is 0 Å². The summed E-state index contributed by atoms with van der Waals surface area (Å²) in [7, 11) is 2.14. The zero-order valence-electron chi connectivity index (χ0n) is 16.4. The van der Waals surface area contributed by atoms with Crippen LogP contribution in [-0.4, -0.2) is 55.5 Å². The minimum absolute atomic E-state index is 0.0351. The number of nitro benzene ring substituents is 1. The van der Waals surface area contributed by atoms with Crippen LogP contribution in [0.4, 0.5) is 11.4 Å². The molecule has 7 heteroatoms. The molecule has 1 heterocycles. The van der Waals surface area contributed by atoms with Gasteiger partial charge in [0.15, 0.2) is 0 Å². The summed E-state index contributed by atoms with van der Waals surface area (Å²) in [5.74, 6) is -0.282. The maximum absolute atomic E-state index is 12.4. The Labute approximate surface area is 165 Å². The van der Waals surface area contributed by atoms with Crippen LogP contribution in [0.1, 0.15) is 21.5 Å². The molecule has 0 aromatic heterocycles. The first-order valence-corrected chi connectivity index (χ1v) is 9.50. The number of amides is 1. The highest BCUT2D eigenvalue weighted by atomic mass is 16.6. The summed E-state index contributed by atoms with van der Waals surface area (Å²) in [4.78, 5) is 27.6. The Morgan fingerprint density at radius 1 is 1.11 bits per heavy atom. The van der Waals surface area contributed by atoms with Crippen molar-refractivity contribution in [2.24, 2.45) is 0 Å². The Bertz CT molecular complexity index is 843. The molecule has 2 aromatic carbocycles. The minimum atomic E-state index is -0.464. The molecular formula is C21H26N4O3. The van der Waals surface area contributed by atoms with Crippen LogP contribution in [0.25, 0.3) is 0 Å². The van der Waals surface area contributed by atoms with E-state index in [4.69, 9.17) is 0 Å². The molecule has 1 N–H and O–H groups in total. The standard InChI is InChI=1S/C21H26N4O3/c1-16-19(4-3-5-20(16)25(27)28)21(26)22-11-10-17-6-8-18(9-7-17)24-14-12-23(2)13-15-24/h3-9H,10-15H2,1-2H3,(H,22,26). The fourth-order valence-electron chi connectivity index (χ4n) is 3.42. The van der Waals surface area contributed by atoms with E-state index in [2.05, 4.69) is 46.4 Å². The zero-order chi connectivity index (χ0) is 20.1.